The van der Waals surface area contributed by atoms with Gasteiger partial charge < -0.3 is 5.32 Å². The van der Waals surface area contributed by atoms with Gasteiger partial charge in [-0.15, -0.1) is 0 Å². The Morgan fingerprint density at radius 3 is 2.59 bits per heavy atom. The summed E-state index contributed by atoms with van der Waals surface area (Å²) in [4.78, 5) is 22.0. The third kappa shape index (κ3) is 3.44. The quantitative estimate of drug-likeness (QED) is 0.819. The van der Waals surface area contributed by atoms with Gasteiger partial charge in [0.2, 0.25) is 16.0 Å². The van der Waals surface area contributed by atoms with Crippen LogP contribution in [0.25, 0.3) is 11.0 Å². The van der Waals surface area contributed by atoms with E-state index >= 15 is 0 Å². The standard InChI is InChI=1S/C20H27N5O3S/c1-29(27,28)24-11-6-15(7-12-24)22-19-21-13-14-4-5-17(26)25(18(14)23-19)16-3-2-8-20(16)9-10-20/h4-5,13,15-16H,2-3,6-12H2,1H3,(H,21,22,23)/t16-/m1/s1. The van der Waals surface area contributed by atoms with Crippen molar-refractivity contribution in [3.05, 3.63) is 28.7 Å². The second-order valence-electron chi connectivity index (χ2n) is 8.87. The van der Waals surface area contributed by atoms with Crippen LogP contribution in [0.4, 0.5) is 5.95 Å². The van der Waals surface area contributed by atoms with Gasteiger partial charge in [0.25, 0.3) is 5.56 Å². The summed E-state index contributed by atoms with van der Waals surface area (Å²) in [6.07, 6.45) is 10.3. The van der Waals surface area contributed by atoms with E-state index in [9.17, 15) is 13.2 Å². The van der Waals surface area contributed by atoms with Gasteiger partial charge in [-0.2, -0.15) is 4.98 Å². The number of fused-ring (bicyclic) bond motifs is 1. The largest absolute Gasteiger partial charge is 0.351 e. The van der Waals surface area contributed by atoms with Crippen LogP contribution in [0.15, 0.2) is 23.1 Å². The molecule has 1 saturated heterocycles. The van der Waals surface area contributed by atoms with E-state index in [-0.39, 0.29) is 17.6 Å². The summed E-state index contributed by atoms with van der Waals surface area (Å²) in [5.74, 6) is 0.512. The van der Waals surface area contributed by atoms with Gasteiger partial charge in [0.1, 0.15) is 5.65 Å². The van der Waals surface area contributed by atoms with Gasteiger partial charge in [0.05, 0.1) is 6.26 Å². The number of sulfonamides is 1. The van der Waals surface area contributed by atoms with Gasteiger partial charge in [0.15, 0.2) is 0 Å². The summed E-state index contributed by atoms with van der Waals surface area (Å²) in [6.45, 7) is 0.999. The van der Waals surface area contributed by atoms with Crippen LogP contribution < -0.4 is 10.9 Å². The lowest BCUT2D eigenvalue weighted by molar-refractivity contribution is 0.331. The van der Waals surface area contributed by atoms with Crippen molar-refractivity contribution in [2.24, 2.45) is 5.41 Å². The number of piperidine rings is 1. The molecule has 9 heteroatoms. The maximum absolute atomic E-state index is 12.8. The first-order valence-electron chi connectivity index (χ1n) is 10.5. The summed E-state index contributed by atoms with van der Waals surface area (Å²) >= 11 is 0. The molecule has 8 nitrogen and oxygen atoms in total. The van der Waals surface area contributed by atoms with Crippen LogP contribution in [-0.4, -0.2) is 52.6 Å². The monoisotopic (exact) mass is 417 g/mol. The smallest absolute Gasteiger partial charge is 0.252 e. The van der Waals surface area contributed by atoms with Gasteiger partial charge in [-0.25, -0.2) is 17.7 Å². The zero-order chi connectivity index (χ0) is 20.2. The predicted molar refractivity (Wildman–Crippen MR) is 111 cm³/mol. The van der Waals surface area contributed by atoms with E-state index in [4.69, 9.17) is 4.98 Å². The first kappa shape index (κ1) is 19.0. The maximum atomic E-state index is 12.8. The zero-order valence-corrected chi connectivity index (χ0v) is 17.5. The Balaban J connectivity index is 1.42. The highest BCUT2D eigenvalue weighted by Crippen LogP contribution is 2.63. The molecule has 1 aliphatic heterocycles. The van der Waals surface area contributed by atoms with Gasteiger partial charge in [-0.3, -0.25) is 9.36 Å². The summed E-state index contributed by atoms with van der Waals surface area (Å²) in [7, 11) is -3.14. The summed E-state index contributed by atoms with van der Waals surface area (Å²) < 4.78 is 26.8. The van der Waals surface area contributed by atoms with E-state index in [0.29, 0.717) is 42.9 Å². The second-order valence-corrected chi connectivity index (χ2v) is 10.8. The second kappa shape index (κ2) is 6.77. The lowest BCUT2D eigenvalue weighted by atomic mass is 10.00. The van der Waals surface area contributed by atoms with Crippen LogP contribution in [0.1, 0.15) is 51.0 Å². The van der Waals surface area contributed by atoms with E-state index in [0.717, 1.165) is 11.8 Å². The Hall–Kier alpha value is -2.00. The molecule has 1 atom stereocenters. The molecular weight excluding hydrogens is 390 g/mol. The van der Waals surface area contributed by atoms with Crippen molar-refractivity contribution in [3.63, 3.8) is 0 Å². The van der Waals surface area contributed by atoms with E-state index in [1.807, 2.05) is 4.57 Å². The SMILES string of the molecule is CS(=O)(=O)N1CCC(Nc2ncc3ccc(=O)n([C@@H]4CCCC45CC5)c3n2)CC1. The molecule has 2 aromatic rings. The Morgan fingerprint density at radius 1 is 1.14 bits per heavy atom. The van der Waals surface area contributed by atoms with Crippen LogP contribution >= 0.6 is 0 Å². The summed E-state index contributed by atoms with van der Waals surface area (Å²) in [5.41, 5.74) is 1.03. The van der Waals surface area contributed by atoms with Crippen molar-refractivity contribution < 1.29 is 8.42 Å². The minimum atomic E-state index is -3.14. The molecule has 156 valence electrons. The Morgan fingerprint density at radius 2 is 1.90 bits per heavy atom. The predicted octanol–water partition coefficient (Wildman–Crippen LogP) is 2.13. The number of anilines is 1. The van der Waals surface area contributed by atoms with Gasteiger partial charge in [0, 0.05) is 42.8 Å². The van der Waals surface area contributed by atoms with E-state index < -0.39 is 10.0 Å². The van der Waals surface area contributed by atoms with Crippen molar-refractivity contribution in [1.29, 1.82) is 0 Å². The number of aromatic nitrogens is 3. The number of hydrogen-bond donors (Lipinski definition) is 1. The number of pyridine rings is 1. The van der Waals surface area contributed by atoms with Crippen molar-refractivity contribution >= 4 is 27.0 Å². The highest BCUT2D eigenvalue weighted by Gasteiger charge is 2.53. The molecule has 0 radical (unpaired) electrons. The van der Waals surface area contributed by atoms with E-state index in [1.165, 1.54) is 36.2 Å². The maximum Gasteiger partial charge on any atom is 0.252 e. The molecule has 3 aliphatic rings. The zero-order valence-electron chi connectivity index (χ0n) is 16.7. The van der Waals surface area contributed by atoms with Crippen molar-refractivity contribution in [2.75, 3.05) is 24.7 Å². The van der Waals surface area contributed by atoms with Crippen LogP contribution in [0.2, 0.25) is 0 Å². The molecule has 0 aromatic carbocycles. The van der Waals surface area contributed by atoms with E-state index in [1.54, 1.807) is 18.3 Å². The fourth-order valence-corrected chi connectivity index (χ4v) is 6.06. The van der Waals surface area contributed by atoms with Crippen LogP contribution in [-0.2, 0) is 10.0 Å². The van der Waals surface area contributed by atoms with E-state index in [2.05, 4.69) is 10.3 Å². The van der Waals surface area contributed by atoms with Gasteiger partial charge in [-0.05, 0) is 50.0 Å². The first-order valence-corrected chi connectivity index (χ1v) is 12.3. The highest BCUT2D eigenvalue weighted by atomic mass is 32.2. The lowest BCUT2D eigenvalue weighted by Crippen LogP contribution is -2.42. The molecule has 0 unspecified atom stereocenters. The molecule has 29 heavy (non-hydrogen) atoms. The highest BCUT2D eigenvalue weighted by molar-refractivity contribution is 7.88. The van der Waals surface area contributed by atoms with Gasteiger partial charge in [-0.1, -0.05) is 6.42 Å². The van der Waals surface area contributed by atoms with Gasteiger partial charge >= 0.3 is 0 Å². The topological polar surface area (TPSA) is 97.2 Å². The average molecular weight is 418 g/mol. The molecule has 0 bridgehead atoms. The summed E-state index contributed by atoms with van der Waals surface area (Å²) in [6, 6.07) is 3.79. The Labute approximate surface area is 170 Å². The number of rotatable bonds is 4. The molecule has 5 rings (SSSR count). The molecule has 1 N–H and O–H groups in total. The van der Waals surface area contributed by atoms with Crippen molar-refractivity contribution in [2.45, 2.75) is 57.0 Å². The lowest BCUT2D eigenvalue weighted by Gasteiger charge is -2.30. The van der Waals surface area contributed by atoms with Crippen LogP contribution in [0.5, 0.6) is 0 Å². The number of nitrogens with one attached hydrogen (secondary N) is 1. The summed E-state index contributed by atoms with van der Waals surface area (Å²) in [5, 5.41) is 4.24. The minimum Gasteiger partial charge on any atom is -0.351 e. The van der Waals surface area contributed by atoms with Crippen molar-refractivity contribution in [1.82, 2.24) is 18.8 Å². The molecule has 3 fully saturated rings. The normalized spacial score (nSPS) is 24.9. The molecule has 0 amide bonds. The molecular formula is C20H27N5O3S. The average Bonchev–Trinajstić information content (AvgIpc) is 3.35. The van der Waals surface area contributed by atoms with Crippen LogP contribution in [0.3, 0.4) is 0 Å². The first-order chi connectivity index (χ1) is 13.9. The molecule has 1 spiro atoms. The molecule has 2 saturated carbocycles. The third-order valence-electron chi connectivity index (χ3n) is 6.99. The number of nitrogens with zero attached hydrogens (tertiary/aromatic N) is 4. The molecule has 2 aliphatic carbocycles. The molecule has 3 heterocycles. The Bertz CT molecular complexity index is 1100. The number of hydrogen-bond acceptors (Lipinski definition) is 6. The van der Waals surface area contributed by atoms with Crippen molar-refractivity contribution in [3.8, 4) is 0 Å². The fourth-order valence-electron chi connectivity index (χ4n) is 5.19. The fraction of sp³-hybridized carbons (Fsp3) is 0.650. The minimum absolute atomic E-state index is 0.0155. The van der Waals surface area contributed by atoms with Crippen LogP contribution in [0, 0.1) is 5.41 Å². The third-order valence-corrected chi connectivity index (χ3v) is 8.29. The molecule has 2 aromatic heterocycles. The Kier molecular flexibility index (Phi) is 4.43.